The summed E-state index contributed by atoms with van der Waals surface area (Å²) in [6.07, 6.45) is 1.66. The van der Waals surface area contributed by atoms with E-state index in [1.165, 1.54) is 22.3 Å². The number of carbonyl (C=O) groups excluding carboxylic acids is 2. The summed E-state index contributed by atoms with van der Waals surface area (Å²) in [5.41, 5.74) is 3.88. The van der Waals surface area contributed by atoms with Crippen LogP contribution in [0, 0.1) is 11.3 Å². The van der Waals surface area contributed by atoms with Crippen LogP contribution in [-0.2, 0) is 14.3 Å². The van der Waals surface area contributed by atoms with Crippen LogP contribution in [0.4, 0.5) is 4.79 Å². The molecule has 186 valence electrons. The first-order valence-electron chi connectivity index (χ1n) is 12.4. The Hall–Kier alpha value is -3.35. The summed E-state index contributed by atoms with van der Waals surface area (Å²) in [6.45, 7) is 5.26. The van der Waals surface area contributed by atoms with Crippen LogP contribution in [0.3, 0.4) is 0 Å². The van der Waals surface area contributed by atoms with Gasteiger partial charge in [-0.05, 0) is 47.4 Å². The van der Waals surface area contributed by atoms with Gasteiger partial charge in [-0.25, -0.2) is 4.79 Å². The number of aliphatic carboxylic acids is 1. The monoisotopic (exact) mass is 478 g/mol. The standard InChI is InChI=1S/C28H34N2O5/c1-19(2)28(26(32)33)14-16-30(18-28)25(31)13-7-8-15-29-27(34)35-17-24-22-11-5-3-9-20(22)21-10-4-6-12-23(21)24/h3-6,9-12,19,24H,7-8,13-18H2,1-2H3,(H,29,34)(H,32,33). The summed E-state index contributed by atoms with van der Waals surface area (Å²) in [5, 5.41) is 12.4. The number of hydrogen-bond donors (Lipinski definition) is 2. The molecular weight excluding hydrogens is 444 g/mol. The molecule has 1 atom stereocenters. The Labute approximate surface area is 206 Å². The number of benzene rings is 2. The van der Waals surface area contributed by atoms with Crippen molar-refractivity contribution in [2.75, 3.05) is 26.2 Å². The predicted molar refractivity (Wildman–Crippen MR) is 133 cm³/mol. The smallest absolute Gasteiger partial charge is 0.407 e. The number of nitrogens with zero attached hydrogens (tertiary/aromatic N) is 1. The Morgan fingerprint density at radius 2 is 1.69 bits per heavy atom. The zero-order valence-corrected chi connectivity index (χ0v) is 20.5. The molecule has 2 aromatic rings. The van der Waals surface area contributed by atoms with Gasteiger partial charge < -0.3 is 20.1 Å². The number of alkyl carbamates (subject to hydrolysis) is 1. The lowest BCUT2D eigenvalue weighted by atomic mass is 9.76. The summed E-state index contributed by atoms with van der Waals surface area (Å²) < 4.78 is 5.54. The molecule has 0 spiro atoms. The number of nitrogens with one attached hydrogen (secondary N) is 1. The summed E-state index contributed by atoms with van der Waals surface area (Å²) in [5.74, 6) is -0.848. The third-order valence-corrected chi connectivity index (χ3v) is 7.62. The molecule has 1 unspecified atom stereocenters. The van der Waals surface area contributed by atoms with Gasteiger partial charge >= 0.3 is 12.1 Å². The van der Waals surface area contributed by atoms with Crippen molar-refractivity contribution in [1.29, 1.82) is 0 Å². The summed E-state index contributed by atoms with van der Waals surface area (Å²) >= 11 is 0. The number of likely N-dealkylation sites (tertiary alicyclic amines) is 1. The molecule has 7 nitrogen and oxygen atoms in total. The number of unbranched alkanes of at least 4 members (excludes halogenated alkanes) is 1. The van der Waals surface area contributed by atoms with Gasteiger partial charge in [-0.15, -0.1) is 0 Å². The van der Waals surface area contributed by atoms with Crippen molar-refractivity contribution in [1.82, 2.24) is 10.2 Å². The summed E-state index contributed by atoms with van der Waals surface area (Å²) in [4.78, 5) is 38.3. The fourth-order valence-corrected chi connectivity index (χ4v) is 5.34. The fraction of sp³-hybridized carbons (Fsp3) is 0.464. The Morgan fingerprint density at radius 1 is 1.06 bits per heavy atom. The minimum atomic E-state index is -0.846. The second kappa shape index (κ2) is 10.5. The van der Waals surface area contributed by atoms with Gasteiger partial charge in [0.1, 0.15) is 6.61 Å². The van der Waals surface area contributed by atoms with Gasteiger partial charge in [0.25, 0.3) is 0 Å². The number of rotatable bonds is 9. The molecule has 2 amide bonds. The Kier molecular flexibility index (Phi) is 7.43. The van der Waals surface area contributed by atoms with E-state index in [9.17, 15) is 19.5 Å². The molecule has 0 saturated carbocycles. The normalized spacial score (nSPS) is 18.9. The highest BCUT2D eigenvalue weighted by molar-refractivity contribution is 5.81. The predicted octanol–water partition coefficient (Wildman–Crippen LogP) is 4.65. The molecule has 1 heterocycles. The Balaban J connectivity index is 1.17. The number of ether oxygens (including phenoxy) is 1. The molecule has 1 fully saturated rings. The van der Waals surface area contributed by atoms with Crippen LogP contribution >= 0.6 is 0 Å². The molecule has 1 aliphatic heterocycles. The molecule has 1 saturated heterocycles. The van der Waals surface area contributed by atoms with Crippen LogP contribution < -0.4 is 5.32 Å². The van der Waals surface area contributed by atoms with E-state index in [1.807, 2.05) is 38.1 Å². The van der Waals surface area contributed by atoms with Crippen LogP contribution in [0.25, 0.3) is 11.1 Å². The largest absolute Gasteiger partial charge is 0.481 e. The van der Waals surface area contributed by atoms with Crippen molar-refractivity contribution >= 4 is 18.0 Å². The number of carboxylic acid groups (broad SMARTS) is 1. The van der Waals surface area contributed by atoms with E-state index in [4.69, 9.17) is 4.74 Å². The van der Waals surface area contributed by atoms with E-state index in [0.717, 1.165) is 0 Å². The molecule has 0 radical (unpaired) electrons. The van der Waals surface area contributed by atoms with Crippen molar-refractivity contribution in [3.05, 3.63) is 59.7 Å². The molecule has 35 heavy (non-hydrogen) atoms. The van der Waals surface area contributed by atoms with Gasteiger partial charge in [0, 0.05) is 32.0 Å². The van der Waals surface area contributed by atoms with E-state index in [0.29, 0.717) is 38.8 Å². The quantitative estimate of drug-likeness (QED) is 0.511. The van der Waals surface area contributed by atoms with Crippen molar-refractivity contribution in [2.24, 2.45) is 11.3 Å². The molecule has 4 rings (SSSR count). The van der Waals surface area contributed by atoms with Crippen molar-refractivity contribution in [3.63, 3.8) is 0 Å². The maximum atomic E-state index is 12.5. The second-order valence-corrected chi connectivity index (χ2v) is 9.89. The number of amides is 2. The summed E-state index contributed by atoms with van der Waals surface area (Å²) in [7, 11) is 0. The van der Waals surface area contributed by atoms with E-state index in [-0.39, 0.29) is 30.9 Å². The second-order valence-electron chi connectivity index (χ2n) is 9.89. The first-order valence-corrected chi connectivity index (χ1v) is 12.4. The van der Waals surface area contributed by atoms with Crippen molar-refractivity contribution in [2.45, 2.75) is 45.4 Å². The molecule has 7 heteroatoms. The minimum absolute atomic E-state index is 0.0186. The lowest BCUT2D eigenvalue weighted by molar-refractivity contribution is -0.151. The van der Waals surface area contributed by atoms with E-state index >= 15 is 0 Å². The third kappa shape index (κ3) is 5.04. The third-order valence-electron chi connectivity index (χ3n) is 7.62. The first-order chi connectivity index (χ1) is 16.8. The van der Waals surface area contributed by atoms with Gasteiger partial charge in [0.05, 0.1) is 5.41 Å². The van der Waals surface area contributed by atoms with Crippen LogP contribution in [0.2, 0.25) is 0 Å². The van der Waals surface area contributed by atoms with Gasteiger partial charge in [0.15, 0.2) is 0 Å². The molecule has 2 N–H and O–H groups in total. The van der Waals surface area contributed by atoms with E-state index in [2.05, 4.69) is 29.6 Å². The van der Waals surface area contributed by atoms with Gasteiger partial charge in [-0.3, -0.25) is 9.59 Å². The van der Waals surface area contributed by atoms with Gasteiger partial charge in [-0.1, -0.05) is 62.4 Å². The zero-order valence-electron chi connectivity index (χ0n) is 20.5. The SMILES string of the molecule is CC(C)C1(C(=O)O)CCN(C(=O)CCCCNC(=O)OCC2c3ccccc3-c3ccccc32)C1. The lowest BCUT2D eigenvalue weighted by Crippen LogP contribution is -2.40. The topological polar surface area (TPSA) is 95.9 Å². The number of hydrogen-bond acceptors (Lipinski definition) is 4. The molecular formula is C28H34N2O5. The summed E-state index contributed by atoms with van der Waals surface area (Å²) in [6, 6.07) is 16.4. The molecule has 2 aliphatic rings. The van der Waals surface area contributed by atoms with E-state index in [1.54, 1.807) is 4.90 Å². The highest BCUT2D eigenvalue weighted by Gasteiger charge is 2.48. The zero-order chi connectivity index (χ0) is 25.0. The molecule has 2 aromatic carbocycles. The van der Waals surface area contributed by atoms with Crippen LogP contribution in [-0.4, -0.2) is 54.2 Å². The minimum Gasteiger partial charge on any atom is -0.481 e. The number of carboxylic acids is 1. The lowest BCUT2D eigenvalue weighted by Gasteiger charge is -2.28. The maximum absolute atomic E-state index is 12.5. The Morgan fingerprint density at radius 3 is 2.26 bits per heavy atom. The van der Waals surface area contributed by atoms with Crippen LogP contribution in [0.15, 0.2) is 48.5 Å². The maximum Gasteiger partial charge on any atom is 0.407 e. The molecule has 1 aliphatic carbocycles. The number of fused-ring (bicyclic) bond motifs is 3. The fourth-order valence-electron chi connectivity index (χ4n) is 5.34. The molecule has 0 aromatic heterocycles. The average molecular weight is 479 g/mol. The van der Waals surface area contributed by atoms with Crippen LogP contribution in [0.1, 0.15) is 56.6 Å². The van der Waals surface area contributed by atoms with E-state index < -0.39 is 17.5 Å². The first kappa shape index (κ1) is 24.8. The van der Waals surface area contributed by atoms with Gasteiger partial charge in [0.2, 0.25) is 5.91 Å². The van der Waals surface area contributed by atoms with Crippen molar-refractivity contribution < 1.29 is 24.2 Å². The van der Waals surface area contributed by atoms with Crippen molar-refractivity contribution in [3.8, 4) is 11.1 Å². The highest BCUT2D eigenvalue weighted by Crippen LogP contribution is 2.44. The Bertz CT molecular complexity index is 1050. The highest BCUT2D eigenvalue weighted by atomic mass is 16.5. The van der Waals surface area contributed by atoms with Gasteiger partial charge in [-0.2, -0.15) is 0 Å². The average Bonchev–Trinajstić information content (AvgIpc) is 3.44. The van der Waals surface area contributed by atoms with Crippen LogP contribution in [0.5, 0.6) is 0 Å². The molecule has 0 bridgehead atoms. The number of carbonyl (C=O) groups is 3.